The summed E-state index contributed by atoms with van der Waals surface area (Å²) in [6.07, 6.45) is 0. The van der Waals surface area contributed by atoms with Crippen LogP contribution in [0.3, 0.4) is 0 Å². The van der Waals surface area contributed by atoms with E-state index in [1.165, 1.54) is 16.8 Å². The molecular weight excluding hydrogens is 262 g/mol. The summed E-state index contributed by atoms with van der Waals surface area (Å²) >= 11 is 0. The molecule has 21 heavy (non-hydrogen) atoms. The number of methoxy groups -OCH3 is 1. The van der Waals surface area contributed by atoms with Crippen LogP contribution in [0.4, 0.5) is 5.69 Å². The van der Waals surface area contributed by atoms with Gasteiger partial charge in [-0.25, -0.2) is 0 Å². The molecule has 0 spiro atoms. The van der Waals surface area contributed by atoms with E-state index in [0.29, 0.717) is 0 Å². The predicted molar refractivity (Wildman–Crippen MR) is 87.1 cm³/mol. The minimum atomic E-state index is 0.181. The number of nitrogens with one attached hydrogen (secondary N) is 1. The molecule has 0 bridgehead atoms. The SMILES string of the molecule is CCn1nc(C)c(C(C)Nc2cc(C)ccc2OC)c1C. The summed E-state index contributed by atoms with van der Waals surface area (Å²) in [5, 5.41) is 8.16. The predicted octanol–water partition coefficient (Wildman–Crippen LogP) is 4.01. The van der Waals surface area contributed by atoms with Gasteiger partial charge >= 0.3 is 0 Å². The fourth-order valence-corrected chi connectivity index (χ4v) is 2.89. The van der Waals surface area contributed by atoms with Gasteiger partial charge in [0, 0.05) is 17.8 Å². The molecule has 0 amide bonds. The molecule has 0 fully saturated rings. The molecule has 0 aliphatic heterocycles. The van der Waals surface area contributed by atoms with Gasteiger partial charge < -0.3 is 10.1 Å². The van der Waals surface area contributed by atoms with Gasteiger partial charge in [-0.3, -0.25) is 4.68 Å². The fraction of sp³-hybridized carbons (Fsp3) is 0.471. The van der Waals surface area contributed by atoms with Gasteiger partial charge in [0.1, 0.15) is 5.75 Å². The number of hydrogen-bond donors (Lipinski definition) is 1. The van der Waals surface area contributed by atoms with Crippen LogP contribution in [0.5, 0.6) is 5.75 Å². The topological polar surface area (TPSA) is 39.1 Å². The van der Waals surface area contributed by atoms with Gasteiger partial charge in [-0.15, -0.1) is 0 Å². The minimum Gasteiger partial charge on any atom is -0.495 e. The molecule has 1 atom stereocenters. The Morgan fingerprint density at radius 1 is 1.29 bits per heavy atom. The zero-order chi connectivity index (χ0) is 15.6. The van der Waals surface area contributed by atoms with Gasteiger partial charge in [0.2, 0.25) is 0 Å². The lowest BCUT2D eigenvalue weighted by atomic mass is 10.1. The number of aromatic nitrogens is 2. The van der Waals surface area contributed by atoms with E-state index in [-0.39, 0.29) is 6.04 Å². The Balaban J connectivity index is 2.32. The first-order valence-electron chi connectivity index (χ1n) is 7.43. The van der Waals surface area contributed by atoms with Gasteiger partial charge in [0.05, 0.1) is 24.5 Å². The lowest BCUT2D eigenvalue weighted by Crippen LogP contribution is -2.10. The van der Waals surface area contributed by atoms with E-state index in [4.69, 9.17) is 4.74 Å². The molecule has 2 rings (SSSR count). The minimum absolute atomic E-state index is 0.181. The van der Waals surface area contributed by atoms with Crippen LogP contribution in [-0.2, 0) is 6.54 Å². The molecule has 4 nitrogen and oxygen atoms in total. The van der Waals surface area contributed by atoms with Gasteiger partial charge in [0.25, 0.3) is 0 Å². The molecule has 1 N–H and O–H groups in total. The summed E-state index contributed by atoms with van der Waals surface area (Å²) in [5.74, 6) is 0.866. The lowest BCUT2D eigenvalue weighted by molar-refractivity contribution is 0.416. The standard InChI is InChI=1S/C17H25N3O/c1-7-20-14(5)17(13(4)19-20)12(3)18-15-10-11(2)8-9-16(15)21-6/h8-10,12,18H,7H2,1-6H3. The molecule has 1 unspecified atom stereocenters. The summed E-state index contributed by atoms with van der Waals surface area (Å²) < 4.78 is 7.49. The van der Waals surface area contributed by atoms with Crippen LogP contribution in [0.2, 0.25) is 0 Å². The number of ether oxygens (including phenoxy) is 1. The quantitative estimate of drug-likeness (QED) is 0.903. The summed E-state index contributed by atoms with van der Waals surface area (Å²) in [6, 6.07) is 6.35. The lowest BCUT2D eigenvalue weighted by Gasteiger charge is -2.19. The van der Waals surface area contributed by atoms with Gasteiger partial charge in [-0.1, -0.05) is 6.07 Å². The highest BCUT2D eigenvalue weighted by molar-refractivity contribution is 5.59. The normalized spacial score (nSPS) is 12.3. The monoisotopic (exact) mass is 287 g/mol. The molecule has 0 aliphatic carbocycles. The first-order valence-corrected chi connectivity index (χ1v) is 7.43. The molecule has 1 aromatic carbocycles. The third-order valence-corrected chi connectivity index (χ3v) is 3.90. The van der Waals surface area contributed by atoms with Crippen molar-refractivity contribution < 1.29 is 4.74 Å². The molecule has 1 heterocycles. The summed E-state index contributed by atoms with van der Waals surface area (Å²) in [7, 11) is 1.70. The van der Waals surface area contributed by atoms with Gasteiger partial charge in [-0.2, -0.15) is 5.10 Å². The van der Waals surface area contributed by atoms with Crippen molar-refractivity contribution in [1.29, 1.82) is 0 Å². The molecule has 0 saturated heterocycles. The maximum Gasteiger partial charge on any atom is 0.141 e. The first kappa shape index (κ1) is 15.4. The molecule has 114 valence electrons. The van der Waals surface area contributed by atoms with Crippen molar-refractivity contribution in [1.82, 2.24) is 9.78 Å². The van der Waals surface area contributed by atoms with E-state index in [9.17, 15) is 0 Å². The highest BCUT2D eigenvalue weighted by Gasteiger charge is 2.18. The second kappa shape index (κ2) is 6.20. The highest BCUT2D eigenvalue weighted by atomic mass is 16.5. The molecule has 4 heteroatoms. The van der Waals surface area contributed by atoms with Crippen molar-refractivity contribution >= 4 is 5.69 Å². The van der Waals surface area contributed by atoms with Crippen LogP contribution >= 0.6 is 0 Å². The van der Waals surface area contributed by atoms with E-state index < -0.39 is 0 Å². The van der Waals surface area contributed by atoms with Crippen molar-refractivity contribution in [3.8, 4) is 5.75 Å². The van der Waals surface area contributed by atoms with E-state index in [0.717, 1.165) is 23.7 Å². The Labute approximate surface area is 127 Å². The highest BCUT2D eigenvalue weighted by Crippen LogP contribution is 2.31. The number of hydrogen-bond acceptors (Lipinski definition) is 3. The van der Waals surface area contributed by atoms with Crippen molar-refractivity contribution in [2.45, 2.75) is 47.2 Å². The molecule has 1 aromatic heterocycles. The van der Waals surface area contributed by atoms with Crippen LogP contribution in [0.15, 0.2) is 18.2 Å². The Hall–Kier alpha value is -1.97. The van der Waals surface area contributed by atoms with E-state index >= 15 is 0 Å². The first-order chi connectivity index (χ1) is 9.97. The molecule has 2 aromatic rings. The number of nitrogens with zero attached hydrogens (tertiary/aromatic N) is 2. The Kier molecular flexibility index (Phi) is 4.56. The zero-order valence-electron chi connectivity index (χ0n) is 13.8. The molecular formula is C17H25N3O. The second-order valence-corrected chi connectivity index (χ2v) is 5.47. The third-order valence-electron chi connectivity index (χ3n) is 3.90. The van der Waals surface area contributed by atoms with Crippen LogP contribution in [0.1, 0.15) is 42.4 Å². The summed E-state index contributed by atoms with van der Waals surface area (Å²) in [6.45, 7) is 11.5. The van der Waals surface area contributed by atoms with E-state index in [1.807, 2.05) is 6.07 Å². The number of anilines is 1. The number of benzene rings is 1. The smallest absolute Gasteiger partial charge is 0.141 e. The number of aryl methyl sites for hydroxylation is 3. The van der Waals surface area contributed by atoms with Gasteiger partial charge in [0.15, 0.2) is 0 Å². The maximum atomic E-state index is 5.44. The van der Waals surface area contributed by atoms with Crippen LogP contribution < -0.4 is 10.1 Å². The summed E-state index contributed by atoms with van der Waals surface area (Å²) in [4.78, 5) is 0. The molecule has 0 saturated carbocycles. The van der Waals surface area contributed by atoms with E-state index in [2.05, 4.69) is 61.8 Å². The van der Waals surface area contributed by atoms with Crippen LogP contribution in [0.25, 0.3) is 0 Å². The van der Waals surface area contributed by atoms with Gasteiger partial charge in [-0.05, 0) is 52.3 Å². The van der Waals surface area contributed by atoms with Crippen molar-refractivity contribution in [3.05, 3.63) is 40.7 Å². The summed E-state index contributed by atoms with van der Waals surface area (Å²) in [5.41, 5.74) is 5.80. The second-order valence-electron chi connectivity index (χ2n) is 5.47. The van der Waals surface area contributed by atoms with Crippen molar-refractivity contribution in [2.24, 2.45) is 0 Å². The van der Waals surface area contributed by atoms with Crippen molar-refractivity contribution in [2.75, 3.05) is 12.4 Å². The fourth-order valence-electron chi connectivity index (χ4n) is 2.89. The molecule has 0 radical (unpaired) electrons. The van der Waals surface area contributed by atoms with Crippen molar-refractivity contribution in [3.63, 3.8) is 0 Å². The average molecular weight is 287 g/mol. The average Bonchev–Trinajstić information content (AvgIpc) is 2.73. The van der Waals surface area contributed by atoms with Crippen LogP contribution in [0, 0.1) is 20.8 Å². The largest absolute Gasteiger partial charge is 0.495 e. The number of rotatable bonds is 5. The molecule has 0 aliphatic rings. The Morgan fingerprint density at radius 2 is 2.00 bits per heavy atom. The third kappa shape index (κ3) is 3.04. The Bertz CT molecular complexity index is 631. The Morgan fingerprint density at radius 3 is 2.57 bits per heavy atom. The zero-order valence-corrected chi connectivity index (χ0v) is 13.8. The van der Waals surface area contributed by atoms with Crippen LogP contribution in [-0.4, -0.2) is 16.9 Å². The maximum absolute atomic E-state index is 5.44. The van der Waals surface area contributed by atoms with E-state index in [1.54, 1.807) is 7.11 Å².